The fraction of sp³-hybridized carbons (Fsp3) is 0.652. The first-order valence-electron chi connectivity index (χ1n) is 11.6. The highest BCUT2D eigenvalue weighted by Gasteiger charge is 2.31. The van der Waals surface area contributed by atoms with Crippen molar-refractivity contribution in [3.63, 3.8) is 0 Å². The highest BCUT2D eigenvalue weighted by molar-refractivity contribution is 5.86. The third-order valence-electron chi connectivity index (χ3n) is 7.01. The molecule has 0 unspecified atom stereocenters. The topological polar surface area (TPSA) is 65.6 Å². The summed E-state index contributed by atoms with van der Waals surface area (Å²) < 4.78 is 10.9. The number of likely N-dealkylation sites (tertiary alicyclic amines) is 2. The van der Waals surface area contributed by atoms with Crippen molar-refractivity contribution in [2.75, 3.05) is 59.2 Å². The molecule has 2 amide bonds. The van der Waals surface area contributed by atoms with Gasteiger partial charge in [0.1, 0.15) is 0 Å². The predicted molar refractivity (Wildman–Crippen MR) is 115 cm³/mol. The van der Waals surface area contributed by atoms with Gasteiger partial charge in [-0.15, -0.1) is 0 Å². The van der Waals surface area contributed by atoms with Gasteiger partial charge in [-0.05, 0) is 37.0 Å². The van der Waals surface area contributed by atoms with E-state index in [1.807, 2.05) is 11.0 Å². The normalized spacial score (nSPS) is 24.8. The predicted octanol–water partition coefficient (Wildman–Crippen LogP) is 1.15. The average Bonchev–Trinajstić information content (AvgIpc) is 3.43. The van der Waals surface area contributed by atoms with E-state index in [1.165, 1.54) is 5.56 Å². The maximum Gasteiger partial charge on any atom is 0.242 e. The molecule has 1 atom stereocenters. The van der Waals surface area contributed by atoms with Crippen LogP contribution in [0.25, 0.3) is 0 Å². The molecule has 8 nitrogen and oxygen atoms in total. The molecule has 31 heavy (non-hydrogen) atoms. The summed E-state index contributed by atoms with van der Waals surface area (Å²) in [5.74, 6) is 1.92. The summed E-state index contributed by atoms with van der Waals surface area (Å²) in [5, 5.41) is 0. The van der Waals surface area contributed by atoms with Crippen molar-refractivity contribution in [2.24, 2.45) is 0 Å². The van der Waals surface area contributed by atoms with Gasteiger partial charge in [-0.3, -0.25) is 19.4 Å². The third-order valence-corrected chi connectivity index (χ3v) is 7.01. The molecule has 0 spiro atoms. The van der Waals surface area contributed by atoms with Crippen LogP contribution >= 0.6 is 0 Å². The number of benzene rings is 1. The molecule has 4 heterocycles. The molecule has 4 aliphatic heterocycles. The van der Waals surface area contributed by atoms with Crippen LogP contribution in [0.4, 0.5) is 0 Å². The standard InChI is InChI=1S/C23H32N4O4/c28-22-4-2-8-27(22)16-23(29)26-7-1-3-19(15-26)25-11-9-24(10-12-25)14-18-5-6-20-21(13-18)31-17-30-20/h5-6,13,19H,1-4,7-12,14-17H2/t19-/m1/s1. The maximum absolute atomic E-state index is 12.8. The molecular weight excluding hydrogens is 396 g/mol. The molecule has 0 aliphatic carbocycles. The lowest BCUT2D eigenvalue weighted by Crippen LogP contribution is -2.56. The Morgan fingerprint density at radius 3 is 2.65 bits per heavy atom. The number of fused-ring (bicyclic) bond motifs is 1. The van der Waals surface area contributed by atoms with Crippen molar-refractivity contribution < 1.29 is 19.1 Å². The van der Waals surface area contributed by atoms with E-state index < -0.39 is 0 Å². The fourth-order valence-corrected chi connectivity index (χ4v) is 5.20. The number of hydrogen-bond donors (Lipinski definition) is 0. The number of carbonyl (C=O) groups excluding carboxylic acids is 2. The Labute approximate surface area is 183 Å². The molecule has 1 aromatic carbocycles. The summed E-state index contributed by atoms with van der Waals surface area (Å²) in [4.78, 5) is 33.3. The molecule has 8 heteroatoms. The number of piperidine rings is 1. The summed E-state index contributed by atoms with van der Waals surface area (Å²) in [6.45, 7) is 7.95. The van der Waals surface area contributed by atoms with Crippen molar-refractivity contribution in [1.29, 1.82) is 0 Å². The minimum Gasteiger partial charge on any atom is -0.454 e. The third kappa shape index (κ3) is 4.65. The van der Waals surface area contributed by atoms with Crippen molar-refractivity contribution >= 4 is 11.8 Å². The minimum atomic E-state index is 0.112. The van der Waals surface area contributed by atoms with E-state index in [0.717, 1.165) is 83.1 Å². The largest absolute Gasteiger partial charge is 0.454 e. The summed E-state index contributed by atoms with van der Waals surface area (Å²) in [5.41, 5.74) is 1.25. The summed E-state index contributed by atoms with van der Waals surface area (Å²) in [6, 6.07) is 6.64. The van der Waals surface area contributed by atoms with Crippen LogP contribution < -0.4 is 9.47 Å². The lowest BCUT2D eigenvalue weighted by atomic mass is 10.0. The Balaban J connectivity index is 1.10. The van der Waals surface area contributed by atoms with Crippen LogP contribution in [0.1, 0.15) is 31.2 Å². The molecule has 3 fully saturated rings. The van der Waals surface area contributed by atoms with Gasteiger partial charge in [0, 0.05) is 64.8 Å². The van der Waals surface area contributed by atoms with E-state index in [2.05, 4.69) is 21.9 Å². The van der Waals surface area contributed by atoms with Crippen molar-refractivity contribution in [3.05, 3.63) is 23.8 Å². The summed E-state index contributed by atoms with van der Waals surface area (Å²) in [6.07, 6.45) is 3.66. The Hall–Kier alpha value is -2.32. The zero-order valence-electron chi connectivity index (χ0n) is 18.1. The van der Waals surface area contributed by atoms with Crippen LogP contribution in [-0.2, 0) is 16.1 Å². The monoisotopic (exact) mass is 428 g/mol. The van der Waals surface area contributed by atoms with Gasteiger partial charge in [0.25, 0.3) is 0 Å². The molecule has 5 rings (SSSR count). The van der Waals surface area contributed by atoms with Gasteiger partial charge in [-0.25, -0.2) is 0 Å². The van der Waals surface area contributed by atoms with Crippen LogP contribution in [0.5, 0.6) is 11.5 Å². The van der Waals surface area contributed by atoms with E-state index in [0.29, 0.717) is 19.3 Å². The van der Waals surface area contributed by atoms with Crippen molar-refractivity contribution in [2.45, 2.75) is 38.3 Å². The van der Waals surface area contributed by atoms with Crippen LogP contribution in [0, 0.1) is 0 Å². The molecular formula is C23H32N4O4. The van der Waals surface area contributed by atoms with Crippen LogP contribution in [0.2, 0.25) is 0 Å². The Kier molecular flexibility index (Phi) is 6.00. The van der Waals surface area contributed by atoms with Gasteiger partial charge >= 0.3 is 0 Å². The zero-order chi connectivity index (χ0) is 21.2. The quantitative estimate of drug-likeness (QED) is 0.701. The van der Waals surface area contributed by atoms with E-state index in [-0.39, 0.29) is 18.4 Å². The van der Waals surface area contributed by atoms with E-state index >= 15 is 0 Å². The second kappa shape index (κ2) is 9.04. The molecule has 0 aromatic heterocycles. The van der Waals surface area contributed by atoms with Gasteiger partial charge in [0.15, 0.2) is 11.5 Å². The number of nitrogens with zero attached hydrogens (tertiary/aromatic N) is 4. The molecule has 0 saturated carbocycles. The van der Waals surface area contributed by atoms with E-state index in [1.54, 1.807) is 4.90 Å². The SMILES string of the molecule is O=C1CCCN1CC(=O)N1CCC[C@@H](N2CCN(Cc3ccc4c(c3)OCO4)CC2)C1. The van der Waals surface area contributed by atoms with Gasteiger partial charge in [-0.1, -0.05) is 6.07 Å². The Morgan fingerprint density at radius 1 is 1.00 bits per heavy atom. The van der Waals surface area contributed by atoms with Gasteiger partial charge in [0.2, 0.25) is 18.6 Å². The second-order valence-corrected chi connectivity index (χ2v) is 9.05. The number of piperazine rings is 1. The highest BCUT2D eigenvalue weighted by atomic mass is 16.7. The number of amides is 2. The van der Waals surface area contributed by atoms with Crippen molar-refractivity contribution in [3.8, 4) is 11.5 Å². The Morgan fingerprint density at radius 2 is 1.84 bits per heavy atom. The fourth-order valence-electron chi connectivity index (χ4n) is 5.20. The number of ether oxygens (including phenoxy) is 2. The van der Waals surface area contributed by atoms with Crippen molar-refractivity contribution in [1.82, 2.24) is 19.6 Å². The lowest BCUT2D eigenvalue weighted by molar-refractivity contribution is -0.139. The number of rotatable bonds is 5. The van der Waals surface area contributed by atoms with Crippen LogP contribution in [0.15, 0.2) is 18.2 Å². The number of hydrogen-bond acceptors (Lipinski definition) is 6. The highest BCUT2D eigenvalue weighted by Crippen LogP contribution is 2.33. The molecule has 168 valence electrons. The Bertz CT molecular complexity index is 824. The number of carbonyl (C=O) groups is 2. The minimum absolute atomic E-state index is 0.112. The zero-order valence-corrected chi connectivity index (χ0v) is 18.1. The molecule has 4 aliphatic rings. The molecule has 1 aromatic rings. The first-order chi connectivity index (χ1) is 15.2. The van der Waals surface area contributed by atoms with Gasteiger partial charge in [0.05, 0.1) is 6.54 Å². The first-order valence-corrected chi connectivity index (χ1v) is 11.6. The summed E-state index contributed by atoms with van der Waals surface area (Å²) >= 11 is 0. The van der Waals surface area contributed by atoms with Gasteiger partial charge < -0.3 is 19.3 Å². The van der Waals surface area contributed by atoms with Gasteiger partial charge in [-0.2, -0.15) is 0 Å². The molecule has 0 bridgehead atoms. The van der Waals surface area contributed by atoms with E-state index in [4.69, 9.17) is 9.47 Å². The van der Waals surface area contributed by atoms with Crippen LogP contribution in [0.3, 0.4) is 0 Å². The molecule has 0 radical (unpaired) electrons. The smallest absolute Gasteiger partial charge is 0.242 e. The van der Waals surface area contributed by atoms with Crippen LogP contribution in [-0.4, -0.2) is 96.6 Å². The van der Waals surface area contributed by atoms with E-state index in [9.17, 15) is 9.59 Å². The lowest BCUT2D eigenvalue weighted by Gasteiger charge is -2.43. The molecule has 0 N–H and O–H groups in total. The molecule has 3 saturated heterocycles. The average molecular weight is 429 g/mol. The second-order valence-electron chi connectivity index (χ2n) is 9.05. The maximum atomic E-state index is 12.8. The first kappa shape index (κ1) is 20.6. The summed E-state index contributed by atoms with van der Waals surface area (Å²) in [7, 11) is 0.